The summed E-state index contributed by atoms with van der Waals surface area (Å²) in [6.07, 6.45) is 1.70. The van der Waals surface area contributed by atoms with Gasteiger partial charge in [0, 0.05) is 35.9 Å². The van der Waals surface area contributed by atoms with E-state index in [4.69, 9.17) is 5.73 Å². The summed E-state index contributed by atoms with van der Waals surface area (Å²) in [5.41, 5.74) is 7.66. The Kier molecular flexibility index (Phi) is 4.56. The predicted octanol–water partition coefficient (Wildman–Crippen LogP) is 1.30. The molecule has 2 unspecified atom stereocenters. The number of aryl methyl sites for hydroxylation is 1. The minimum absolute atomic E-state index is 0.110. The van der Waals surface area contributed by atoms with Crippen molar-refractivity contribution >= 4 is 22.3 Å². The molecular formula is C11H22N4OS. The molecule has 0 amide bonds. The van der Waals surface area contributed by atoms with E-state index in [1.165, 1.54) is 0 Å². The zero-order valence-electron chi connectivity index (χ0n) is 11.2. The fraction of sp³-hybridized carbons (Fsp3) is 0.727. The first kappa shape index (κ1) is 14.0. The third-order valence-corrected chi connectivity index (χ3v) is 3.50. The number of nitrogens with two attached hydrogens (primary N) is 1. The molecule has 0 bridgehead atoms. The maximum atomic E-state index is 11.1. The van der Waals surface area contributed by atoms with Crippen LogP contribution < -0.4 is 11.1 Å². The van der Waals surface area contributed by atoms with Crippen LogP contribution in [0.4, 0.5) is 11.5 Å². The van der Waals surface area contributed by atoms with E-state index < -0.39 is 10.8 Å². The highest BCUT2D eigenvalue weighted by molar-refractivity contribution is 7.84. The summed E-state index contributed by atoms with van der Waals surface area (Å²) in [6.45, 7) is 6.11. The summed E-state index contributed by atoms with van der Waals surface area (Å²) in [5, 5.41) is 7.66. The molecule has 0 saturated carbocycles. The molecule has 17 heavy (non-hydrogen) atoms. The normalized spacial score (nSPS) is 14.9. The average Bonchev–Trinajstić information content (AvgIpc) is 2.44. The summed E-state index contributed by atoms with van der Waals surface area (Å²) >= 11 is 0. The van der Waals surface area contributed by atoms with Crippen LogP contribution in [-0.4, -0.2) is 32.0 Å². The molecule has 0 aliphatic heterocycles. The molecule has 0 radical (unpaired) electrons. The molecule has 0 aliphatic rings. The van der Waals surface area contributed by atoms with Gasteiger partial charge in [0.25, 0.3) is 0 Å². The Hall–Kier alpha value is -1.04. The van der Waals surface area contributed by atoms with Crippen molar-refractivity contribution in [2.75, 3.05) is 23.1 Å². The molecule has 0 spiro atoms. The minimum Gasteiger partial charge on any atom is -0.394 e. The van der Waals surface area contributed by atoms with E-state index >= 15 is 0 Å². The highest BCUT2D eigenvalue weighted by atomic mass is 32.2. The molecule has 5 nitrogen and oxygen atoms in total. The number of nitrogens with zero attached hydrogens (tertiary/aromatic N) is 2. The van der Waals surface area contributed by atoms with Crippen molar-refractivity contribution in [3.05, 3.63) is 5.69 Å². The number of anilines is 2. The van der Waals surface area contributed by atoms with Crippen molar-refractivity contribution in [3.63, 3.8) is 0 Å². The van der Waals surface area contributed by atoms with Crippen molar-refractivity contribution < 1.29 is 4.21 Å². The molecule has 1 heterocycles. The summed E-state index contributed by atoms with van der Waals surface area (Å²) in [7, 11) is 1.04. The lowest BCUT2D eigenvalue weighted by Gasteiger charge is -2.14. The van der Waals surface area contributed by atoms with Crippen LogP contribution in [0.1, 0.15) is 32.4 Å². The van der Waals surface area contributed by atoms with E-state index in [0.29, 0.717) is 17.4 Å². The van der Waals surface area contributed by atoms with E-state index in [1.807, 2.05) is 14.0 Å². The van der Waals surface area contributed by atoms with Crippen molar-refractivity contribution in [2.45, 2.75) is 32.7 Å². The Morgan fingerprint density at radius 2 is 2.06 bits per heavy atom. The van der Waals surface area contributed by atoms with Crippen molar-refractivity contribution in [2.24, 2.45) is 7.05 Å². The molecular weight excluding hydrogens is 236 g/mol. The minimum atomic E-state index is -0.818. The maximum Gasteiger partial charge on any atom is 0.148 e. The van der Waals surface area contributed by atoms with E-state index in [1.54, 1.807) is 10.9 Å². The van der Waals surface area contributed by atoms with Crippen LogP contribution in [0.2, 0.25) is 0 Å². The molecule has 0 aromatic carbocycles. The van der Waals surface area contributed by atoms with Gasteiger partial charge in [-0.25, -0.2) is 0 Å². The van der Waals surface area contributed by atoms with Gasteiger partial charge in [0.2, 0.25) is 0 Å². The highest BCUT2D eigenvalue weighted by Gasteiger charge is 2.17. The molecule has 2 atom stereocenters. The second-order valence-electron chi connectivity index (χ2n) is 4.71. The average molecular weight is 258 g/mol. The van der Waals surface area contributed by atoms with Crippen molar-refractivity contribution in [3.8, 4) is 0 Å². The second-order valence-corrected chi connectivity index (χ2v) is 6.19. The molecule has 0 saturated heterocycles. The molecule has 6 heteroatoms. The lowest BCUT2D eigenvalue weighted by molar-refractivity contribution is 0.681. The second kappa shape index (κ2) is 5.53. The fourth-order valence-electron chi connectivity index (χ4n) is 1.79. The van der Waals surface area contributed by atoms with Crippen LogP contribution in [0, 0.1) is 0 Å². The van der Waals surface area contributed by atoms with Crippen molar-refractivity contribution in [1.82, 2.24) is 9.78 Å². The van der Waals surface area contributed by atoms with Gasteiger partial charge in [-0.15, -0.1) is 0 Å². The van der Waals surface area contributed by atoms with Gasteiger partial charge >= 0.3 is 0 Å². The first-order chi connectivity index (χ1) is 7.82. The van der Waals surface area contributed by atoms with E-state index in [2.05, 4.69) is 24.3 Å². The summed E-state index contributed by atoms with van der Waals surface area (Å²) in [4.78, 5) is 0. The van der Waals surface area contributed by atoms with Crippen LogP contribution in [0.5, 0.6) is 0 Å². The van der Waals surface area contributed by atoms with Gasteiger partial charge in [0.15, 0.2) is 0 Å². The number of hydrogen-bond acceptors (Lipinski definition) is 4. The number of rotatable bonds is 5. The van der Waals surface area contributed by atoms with Crippen LogP contribution in [0.25, 0.3) is 0 Å². The van der Waals surface area contributed by atoms with E-state index in [-0.39, 0.29) is 6.04 Å². The van der Waals surface area contributed by atoms with Gasteiger partial charge in [0.1, 0.15) is 5.82 Å². The lowest BCUT2D eigenvalue weighted by atomic mass is 10.1. The van der Waals surface area contributed by atoms with Gasteiger partial charge < -0.3 is 11.1 Å². The Bertz CT molecular complexity index is 414. The highest BCUT2D eigenvalue weighted by Crippen LogP contribution is 2.28. The van der Waals surface area contributed by atoms with Gasteiger partial charge in [-0.3, -0.25) is 8.89 Å². The summed E-state index contributed by atoms with van der Waals surface area (Å²) in [5.74, 6) is 1.71. The molecule has 1 aromatic rings. The van der Waals surface area contributed by atoms with Crippen LogP contribution in [-0.2, 0) is 17.8 Å². The van der Waals surface area contributed by atoms with Gasteiger partial charge in [-0.05, 0) is 12.8 Å². The fourth-order valence-corrected chi connectivity index (χ4v) is 2.57. The number of hydrogen-bond donors (Lipinski definition) is 2. The SMILES string of the molecule is CC(CS(C)=O)Nc1c(N)c(C(C)C)nn1C. The molecule has 1 rings (SSSR count). The third kappa shape index (κ3) is 3.46. The molecule has 1 aromatic heterocycles. The first-order valence-corrected chi connectivity index (χ1v) is 7.44. The molecule has 0 fully saturated rings. The Labute approximate surface area is 105 Å². The van der Waals surface area contributed by atoms with Crippen molar-refractivity contribution in [1.29, 1.82) is 0 Å². The zero-order chi connectivity index (χ0) is 13.2. The molecule has 3 N–H and O–H groups in total. The largest absolute Gasteiger partial charge is 0.394 e. The quantitative estimate of drug-likeness (QED) is 0.835. The Morgan fingerprint density at radius 3 is 2.47 bits per heavy atom. The maximum absolute atomic E-state index is 11.1. The topological polar surface area (TPSA) is 72.9 Å². The van der Waals surface area contributed by atoms with Crippen LogP contribution in [0.3, 0.4) is 0 Å². The standard InChI is InChI=1S/C11H22N4OS/c1-7(2)10-9(12)11(15(4)14-10)13-8(3)6-17(5)16/h7-8,13H,6,12H2,1-5H3. The van der Waals surface area contributed by atoms with Crippen LogP contribution in [0.15, 0.2) is 0 Å². The van der Waals surface area contributed by atoms with Gasteiger partial charge in [-0.1, -0.05) is 13.8 Å². The van der Waals surface area contributed by atoms with E-state index in [0.717, 1.165) is 11.5 Å². The van der Waals surface area contributed by atoms with Gasteiger partial charge in [-0.2, -0.15) is 5.10 Å². The van der Waals surface area contributed by atoms with Gasteiger partial charge in [0.05, 0.1) is 11.4 Å². The summed E-state index contributed by atoms with van der Waals surface area (Å²) in [6, 6.07) is 0.110. The lowest BCUT2D eigenvalue weighted by Crippen LogP contribution is -2.24. The molecule has 0 aliphatic carbocycles. The first-order valence-electron chi connectivity index (χ1n) is 5.71. The number of aromatic nitrogens is 2. The Balaban J connectivity index is 2.88. The summed E-state index contributed by atoms with van der Waals surface area (Å²) < 4.78 is 12.9. The number of nitrogen functional groups attached to an aromatic ring is 1. The van der Waals surface area contributed by atoms with Crippen LogP contribution >= 0.6 is 0 Å². The number of nitrogens with one attached hydrogen (secondary N) is 1. The predicted molar refractivity (Wildman–Crippen MR) is 73.7 cm³/mol. The monoisotopic (exact) mass is 258 g/mol. The third-order valence-electron chi connectivity index (χ3n) is 2.53. The molecule has 98 valence electrons. The van der Waals surface area contributed by atoms with E-state index in [9.17, 15) is 4.21 Å². The smallest absolute Gasteiger partial charge is 0.148 e. The zero-order valence-corrected chi connectivity index (χ0v) is 12.0. The Morgan fingerprint density at radius 1 is 1.47 bits per heavy atom.